The van der Waals surface area contributed by atoms with Gasteiger partial charge in [0, 0.05) is 11.8 Å². The van der Waals surface area contributed by atoms with Gasteiger partial charge in [-0.2, -0.15) is 16.9 Å². The maximum absolute atomic E-state index is 5.48. The summed E-state index contributed by atoms with van der Waals surface area (Å²) >= 11 is 2.07. The Bertz CT molecular complexity index is 353. The van der Waals surface area contributed by atoms with Gasteiger partial charge in [-0.1, -0.05) is 6.92 Å². The first-order valence-corrected chi connectivity index (χ1v) is 7.81. The topological polar surface area (TPSA) is 39.1 Å². The van der Waals surface area contributed by atoms with E-state index >= 15 is 0 Å². The highest BCUT2D eigenvalue weighted by Gasteiger charge is 2.31. The second-order valence-electron chi connectivity index (χ2n) is 4.50. The van der Waals surface area contributed by atoms with Crippen LogP contribution in [-0.4, -0.2) is 34.4 Å². The summed E-state index contributed by atoms with van der Waals surface area (Å²) in [7, 11) is 1.73. The van der Waals surface area contributed by atoms with Crippen molar-refractivity contribution in [1.82, 2.24) is 15.1 Å². The van der Waals surface area contributed by atoms with Crippen molar-refractivity contribution in [3.05, 3.63) is 11.9 Å². The van der Waals surface area contributed by atoms with Crippen LogP contribution >= 0.6 is 11.8 Å². The lowest BCUT2D eigenvalue weighted by atomic mass is 10.1. The molecule has 1 aliphatic heterocycles. The number of aromatic nitrogens is 2. The molecule has 1 saturated heterocycles. The number of nitrogens with one attached hydrogen (secondary N) is 1. The molecular formula is C13H23N3OS. The number of ether oxygens (including phenoxy) is 1. The van der Waals surface area contributed by atoms with Crippen molar-refractivity contribution >= 4 is 11.8 Å². The summed E-state index contributed by atoms with van der Waals surface area (Å²) in [5.74, 6) is 2.19. The van der Waals surface area contributed by atoms with Gasteiger partial charge in [-0.15, -0.1) is 0 Å². The molecule has 0 bridgehead atoms. The average Bonchev–Trinajstić information content (AvgIpc) is 3.04. The van der Waals surface area contributed by atoms with Crippen LogP contribution in [0.2, 0.25) is 0 Å². The smallest absolute Gasteiger partial charge is 0.161 e. The molecule has 4 nitrogen and oxygen atoms in total. The normalized spacial score (nSPS) is 21.2. The van der Waals surface area contributed by atoms with E-state index < -0.39 is 0 Å². The van der Waals surface area contributed by atoms with Gasteiger partial charge in [0.1, 0.15) is 0 Å². The van der Waals surface area contributed by atoms with Gasteiger partial charge >= 0.3 is 0 Å². The first-order chi connectivity index (χ1) is 8.81. The minimum atomic E-state index is 0.347. The lowest BCUT2D eigenvalue weighted by molar-refractivity contribution is 0.388. The van der Waals surface area contributed by atoms with Crippen LogP contribution in [-0.2, 0) is 6.54 Å². The van der Waals surface area contributed by atoms with Crippen LogP contribution in [0.5, 0.6) is 5.75 Å². The van der Waals surface area contributed by atoms with Gasteiger partial charge in [-0.25, -0.2) is 0 Å². The molecule has 1 N–H and O–H groups in total. The molecule has 0 radical (unpaired) electrons. The summed E-state index contributed by atoms with van der Waals surface area (Å²) in [5, 5.41) is 8.68. The molecule has 0 aromatic carbocycles. The zero-order valence-corrected chi connectivity index (χ0v) is 12.3. The highest BCUT2D eigenvalue weighted by atomic mass is 32.2. The fraction of sp³-hybridized carbons (Fsp3) is 0.769. The van der Waals surface area contributed by atoms with Crippen molar-refractivity contribution in [3.8, 4) is 5.75 Å². The molecule has 0 spiro atoms. The quantitative estimate of drug-likeness (QED) is 0.861. The minimum absolute atomic E-state index is 0.347. The van der Waals surface area contributed by atoms with Gasteiger partial charge in [-0.3, -0.25) is 4.68 Å². The highest BCUT2D eigenvalue weighted by Crippen LogP contribution is 2.38. The maximum Gasteiger partial charge on any atom is 0.161 e. The Morgan fingerprint density at radius 3 is 3.00 bits per heavy atom. The van der Waals surface area contributed by atoms with Gasteiger partial charge in [0.25, 0.3) is 0 Å². The molecule has 1 aromatic heterocycles. The predicted octanol–water partition coefficient (Wildman–Crippen LogP) is 2.46. The molecule has 102 valence electrons. The van der Waals surface area contributed by atoms with Gasteiger partial charge in [0.05, 0.1) is 25.0 Å². The molecule has 2 rings (SSSR count). The Kier molecular flexibility index (Phi) is 4.95. The Hall–Kier alpha value is -0.680. The monoisotopic (exact) mass is 269 g/mol. The lowest BCUT2D eigenvalue weighted by Gasteiger charge is -2.25. The van der Waals surface area contributed by atoms with E-state index in [1.54, 1.807) is 7.11 Å². The molecular weight excluding hydrogens is 246 g/mol. The zero-order valence-electron chi connectivity index (χ0n) is 11.5. The van der Waals surface area contributed by atoms with Crippen molar-refractivity contribution in [1.29, 1.82) is 0 Å². The Labute approximate surface area is 113 Å². The van der Waals surface area contributed by atoms with Crippen LogP contribution < -0.4 is 10.1 Å². The molecule has 0 aliphatic carbocycles. The number of nitrogens with zero attached hydrogens (tertiary/aromatic N) is 2. The van der Waals surface area contributed by atoms with Gasteiger partial charge in [-0.05, 0) is 32.1 Å². The molecule has 1 fully saturated rings. The highest BCUT2D eigenvalue weighted by molar-refractivity contribution is 8.00. The Balaban J connectivity index is 2.30. The third kappa shape index (κ3) is 2.67. The summed E-state index contributed by atoms with van der Waals surface area (Å²) in [6.45, 7) is 6.14. The largest absolute Gasteiger partial charge is 0.493 e. The van der Waals surface area contributed by atoms with E-state index in [0.717, 1.165) is 18.8 Å². The second-order valence-corrected chi connectivity index (χ2v) is 5.85. The second kappa shape index (κ2) is 6.48. The Morgan fingerprint density at radius 2 is 2.44 bits per heavy atom. The van der Waals surface area contributed by atoms with E-state index in [1.807, 2.05) is 6.20 Å². The summed E-state index contributed by atoms with van der Waals surface area (Å²) in [6.07, 6.45) is 4.43. The molecule has 1 aromatic rings. The van der Waals surface area contributed by atoms with E-state index in [4.69, 9.17) is 4.74 Å². The Morgan fingerprint density at radius 1 is 1.61 bits per heavy atom. The van der Waals surface area contributed by atoms with Crippen LogP contribution in [0.1, 0.15) is 38.4 Å². The number of thioether (sulfide) groups is 1. The van der Waals surface area contributed by atoms with Crippen molar-refractivity contribution in [2.45, 2.75) is 44.5 Å². The number of aryl methyl sites for hydroxylation is 1. The number of hydrogen-bond acceptors (Lipinski definition) is 4. The standard InChI is InChI=1S/C13H23N3OS/c1-4-14-12(11-7-6-8-18-11)13-10(17-3)9-15-16(13)5-2/h9,11-12,14H,4-8H2,1-3H3. The molecule has 2 unspecified atom stereocenters. The molecule has 0 saturated carbocycles. The first kappa shape index (κ1) is 13.7. The van der Waals surface area contributed by atoms with Crippen LogP contribution in [0.4, 0.5) is 0 Å². The average molecular weight is 269 g/mol. The number of hydrogen-bond donors (Lipinski definition) is 1. The molecule has 2 heterocycles. The van der Waals surface area contributed by atoms with Crippen molar-refractivity contribution in [3.63, 3.8) is 0 Å². The third-order valence-corrected chi connectivity index (χ3v) is 4.88. The third-order valence-electron chi connectivity index (χ3n) is 3.42. The van der Waals surface area contributed by atoms with E-state index in [1.165, 1.54) is 24.3 Å². The van der Waals surface area contributed by atoms with E-state index in [9.17, 15) is 0 Å². The molecule has 0 amide bonds. The molecule has 2 atom stereocenters. The van der Waals surface area contributed by atoms with Crippen LogP contribution in [0, 0.1) is 0 Å². The number of methoxy groups -OCH3 is 1. The summed E-state index contributed by atoms with van der Waals surface area (Å²) in [4.78, 5) is 0. The minimum Gasteiger partial charge on any atom is -0.493 e. The van der Waals surface area contributed by atoms with Gasteiger partial charge in [0.2, 0.25) is 0 Å². The molecule has 18 heavy (non-hydrogen) atoms. The fourth-order valence-electron chi connectivity index (χ4n) is 2.59. The van der Waals surface area contributed by atoms with Crippen molar-refractivity contribution in [2.24, 2.45) is 0 Å². The fourth-order valence-corrected chi connectivity index (χ4v) is 3.98. The predicted molar refractivity (Wildman–Crippen MR) is 76.4 cm³/mol. The van der Waals surface area contributed by atoms with E-state index in [-0.39, 0.29) is 0 Å². The first-order valence-electron chi connectivity index (χ1n) is 6.76. The van der Waals surface area contributed by atoms with Crippen molar-refractivity contribution in [2.75, 3.05) is 19.4 Å². The SMILES string of the molecule is CCNC(c1c(OC)cnn1CC)C1CCCS1. The number of rotatable bonds is 6. The summed E-state index contributed by atoms with van der Waals surface area (Å²) in [5.41, 5.74) is 1.21. The van der Waals surface area contributed by atoms with Crippen molar-refractivity contribution < 1.29 is 4.74 Å². The van der Waals surface area contributed by atoms with Crippen LogP contribution in [0.25, 0.3) is 0 Å². The van der Waals surface area contributed by atoms with Gasteiger partial charge in [0.15, 0.2) is 5.75 Å². The van der Waals surface area contributed by atoms with E-state index in [0.29, 0.717) is 11.3 Å². The molecule has 1 aliphatic rings. The zero-order chi connectivity index (χ0) is 13.0. The molecule has 5 heteroatoms. The van der Waals surface area contributed by atoms with E-state index in [2.05, 4.69) is 40.7 Å². The van der Waals surface area contributed by atoms with Crippen LogP contribution in [0.15, 0.2) is 6.20 Å². The summed E-state index contributed by atoms with van der Waals surface area (Å²) < 4.78 is 7.54. The van der Waals surface area contributed by atoms with Gasteiger partial charge < -0.3 is 10.1 Å². The maximum atomic E-state index is 5.48. The lowest BCUT2D eigenvalue weighted by Crippen LogP contribution is -2.31. The summed E-state index contributed by atoms with van der Waals surface area (Å²) in [6, 6.07) is 0.347. The van der Waals surface area contributed by atoms with Crippen LogP contribution in [0.3, 0.4) is 0 Å².